The number of halogens is 1. The van der Waals surface area contributed by atoms with Crippen molar-refractivity contribution in [1.29, 1.82) is 0 Å². The molecule has 2 N–H and O–H groups in total. The van der Waals surface area contributed by atoms with Gasteiger partial charge in [-0.1, -0.05) is 17.7 Å². The molecule has 7 heteroatoms. The Hall–Kier alpha value is -1.50. The van der Waals surface area contributed by atoms with Gasteiger partial charge in [-0.15, -0.1) is 0 Å². The van der Waals surface area contributed by atoms with Crippen molar-refractivity contribution in [2.45, 2.75) is 38.6 Å². The summed E-state index contributed by atoms with van der Waals surface area (Å²) in [4.78, 5) is 7.10. The molecule has 0 aliphatic carbocycles. The number of ether oxygens (including phenoxy) is 2. The van der Waals surface area contributed by atoms with Gasteiger partial charge in [0.05, 0.1) is 0 Å². The van der Waals surface area contributed by atoms with Gasteiger partial charge < -0.3 is 25.0 Å². The summed E-state index contributed by atoms with van der Waals surface area (Å²) in [6.07, 6.45) is 4.28. The second kappa shape index (κ2) is 12.3. The van der Waals surface area contributed by atoms with E-state index in [0.717, 1.165) is 89.3 Å². The minimum absolute atomic E-state index is 0.386. The highest BCUT2D eigenvalue weighted by Crippen LogP contribution is 2.23. The highest BCUT2D eigenvalue weighted by atomic mass is 35.5. The summed E-state index contributed by atoms with van der Waals surface area (Å²) in [5.41, 5.74) is 1.19. The molecule has 0 radical (unpaired) electrons. The van der Waals surface area contributed by atoms with Crippen LogP contribution in [0.3, 0.4) is 0 Å². The molecule has 29 heavy (non-hydrogen) atoms. The van der Waals surface area contributed by atoms with E-state index < -0.39 is 0 Å². The van der Waals surface area contributed by atoms with Crippen LogP contribution in [-0.4, -0.2) is 64.6 Å². The highest BCUT2D eigenvalue weighted by molar-refractivity contribution is 6.30. The van der Waals surface area contributed by atoms with Crippen LogP contribution in [0.4, 0.5) is 5.69 Å². The molecule has 1 unspecified atom stereocenters. The molecule has 2 saturated heterocycles. The molecule has 0 spiro atoms. The number of anilines is 1. The zero-order chi connectivity index (χ0) is 20.3. The van der Waals surface area contributed by atoms with Crippen molar-refractivity contribution in [3.8, 4) is 0 Å². The molecule has 0 amide bonds. The lowest BCUT2D eigenvalue weighted by molar-refractivity contribution is 0.0205. The van der Waals surface area contributed by atoms with E-state index in [-0.39, 0.29) is 0 Å². The standard InChI is InChI=1S/C22H35ClN4O2/c1-2-24-22(25-10-4-12-29-17-18-8-13-28-14-9-18)26-20-7-11-27(16-20)21-6-3-5-19(23)15-21/h3,5-6,15,18,20H,2,4,7-14,16-17H2,1H3,(H2,24,25,26). The number of rotatable bonds is 9. The van der Waals surface area contributed by atoms with Gasteiger partial charge in [0.1, 0.15) is 0 Å². The number of guanidine groups is 1. The van der Waals surface area contributed by atoms with Gasteiger partial charge in [-0.2, -0.15) is 0 Å². The fourth-order valence-electron chi connectivity index (χ4n) is 3.82. The van der Waals surface area contributed by atoms with Gasteiger partial charge in [0, 0.05) is 69.4 Å². The molecule has 1 aromatic carbocycles. The third-order valence-corrected chi connectivity index (χ3v) is 5.69. The van der Waals surface area contributed by atoms with Crippen LogP contribution in [0.15, 0.2) is 29.3 Å². The van der Waals surface area contributed by atoms with E-state index in [1.165, 1.54) is 5.69 Å². The van der Waals surface area contributed by atoms with E-state index in [1.54, 1.807) is 0 Å². The van der Waals surface area contributed by atoms with Crippen LogP contribution in [-0.2, 0) is 9.47 Å². The Labute approximate surface area is 180 Å². The Morgan fingerprint density at radius 3 is 2.97 bits per heavy atom. The Bertz CT molecular complexity index is 637. The maximum absolute atomic E-state index is 6.14. The molecular weight excluding hydrogens is 388 g/mol. The molecular formula is C22H35ClN4O2. The first-order valence-electron chi connectivity index (χ1n) is 11.0. The van der Waals surface area contributed by atoms with E-state index >= 15 is 0 Å². The van der Waals surface area contributed by atoms with E-state index in [2.05, 4.69) is 28.5 Å². The summed E-state index contributed by atoms with van der Waals surface area (Å²) in [7, 11) is 0. The average Bonchev–Trinajstić information content (AvgIpc) is 3.20. The van der Waals surface area contributed by atoms with Gasteiger partial charge in [-0.05, 0) is 56.7 Å². The molecule has 2 aliphatic rings. The lowest BCUT2D eigenvalue weighted by Gasteiger charge is -2.21. The van der Waals surface area contributed by atoms with E-state index in [1.807, 2.05) is 18.2 Å². The van der Waals surface area contributed by atoms with Crippen molar-refractivity contribution in [3.05, 3.63) is 29.3 Å². The molecule has 2 fully saturated rings. The number of nitrogens with zero attached hydrogens (tertiary/aromatic N) is 2. The largest absolute Gasteiger partial charge is 0.381 e. The number of benzene rings is 1. The minimum atomic E-state index is 0.386. The average molecular weight is 423 g/mol. The summed E-state index contributed by atoms with van der Waals surface area (Å²) in [6.45, 7) is 9.10. The summed E-state index contributed by atoms with van der Waals surface area (Å²) >= 11 is 6.14. The lowest BCUT2D eigenvalue weighted by atomic mass is 10.0. The molecule has 6 nitrogen and oxygen atoms in total. The number of hydrogen-bond donors (Lipinski definition) is 2. The van der Waals surface area contributed by atoms with Crippen molar-refractivity contribution in [2.75, 3.05) is 57.5 Å². The summed E-state index contributed by atoms with van der Waals surface area (Å²) < 4.78 is 11.2. The predicted octanol–water partition coefficient (Wildman–Crippen LogP) is 3.31. The fraction of sp³-hybridized carbons (Fsp3) is 0.682. The van der Waals surface area contributed by atoms with E-state index in [4.69, 9.17) is 26.1 Å². The quantitative estimate of drug-likeness (QED) is 0.363. The van der Waals surface area contributed by atoms with Gasteiger partial charge in [0.25, 0.3) is 0 Å². The summed E-state index contributed by atoms with van der Waals surface area (Å²) in [5.74, 6) is 1.56. The predicted molar refractivity (Wildman–Crippen MR) is 120 cm³/mol. The second-order valence-electron chi connectivity index (χ2n) is 7.80. The number of hydrogen-bond acceptors (Lipinski definition) is 4. The van der Waals surface area contributed by atoms with Crippen LogP contribution in [0.1, 0.15) is 32.6 Å². The number of aliphatic imine (C=N–C) groups is 1. The zero-order valence-corrected chi connectivity index (χ0v) is 18.3. The van der Waals surface area contributed by atoms with Crippen molar-refractivity contribution in [3.63, 3.8) is 0 Å². The van der Waals surface area contributed by atoms with Gasteiger partial charge in [0.15, 0.2) is 5.96 Å². The van der Waals surface area contributed by atoms with Crippen molar-refractivity contribution >= 4 is 23.2 Å². The molecule has 2 aliphatic heterocycles. The molecule has 0 bridgehead atoms. The van der Waals surface area contributed by atoms with Crippen molar-refractivity contribution in [2.24, 2.45) is 10.9 Å². The van der Waals surface area contributed by atoms with Gasteiger partial charge in [-0.3, -0.25) is 4.99 Å². The first-order chi connectivity index (χ1) is 14.2. The molecule has 0 aromatic heterocycles. The summed E-state index contributed by atoms with van der Waals surface area (Å²) in [5, 5.41) is 7.73. The zero-order valence-electron chi connectivity index (χ0n) is 17.5. The first kappa shape index (κ1) is 22.2. The molecule has 1 atom stereocenters. The van der Waals surface area contributed by atoms with E-state index in [0.29, 0.717) is 12.0 Å². The van der Waals surface area contributed by atoms with Gasteiger partial charge in [-0.25, -0.2) is 0 Å². The van der Waals surface area contributed by atoms with Crippen LogP contribution >= 0.6 is 11.6 Å². The Morgan fingerprint density at radius 2 is 2.17 bits per heavy atom. The van der Waals surface area contributed by atoms with Crippen LogP contribution in [0.5, 0.6) is 0 Å². The molecule has 3 rings (SSSR count). The maximum Gasteiger partial charge on any atom is 0.191 e. The normalized spacial score (nSPS) is 20.8. The Balaban J connectivity index is 1.36. The van der Waals surface area contributed by atoms with Crippen molar-refractivity contribution in [1.82, 2.24) is 10.6 Å². The third-order valence-electron chi connectivity index (χ3n) is 5.46. The SMILES string of the molecule is CCNC(=NCCCOCC1CCOCC1)NC1CCN(c2cccc(Cl)c2)C1. The molecule has 1 aromatic rings. The minimum Gasteiger partial charge on any atom is -0.381 e. The number of nitrogens with one attached hydrogen (secondary N) is 2. The second-order valence-corrected chi connectivity index (χ2v) is 8.24. The van der Waals surface area contributed by atoms with Crippen LogP contribution in [0.25, 0.3) is 0 Å². The maximum atomic E-state index is 6.14. The molecule has 0 saturated carbocycles. The third kappa shape index (κ3) is 7.68. The molecule has 162 valence electrons. The smallest absolute Gasteiger partial charge is 0.191 e. The first-order valence-corrected chi connectivity index (χ1v) is 11.3. The van der Waals surface area contributed by atoms with Crippen LogP contribution in [0.2, 0.25) is 5.02 Å². The van der Waals surface area contributed by atoms with Gasteiger partial charge in [0.2, 0.25) is 0 Å². The monoisotopic (exact) mass is 422 g/mol. The Morgan fingerprint density at radius 1 is 1.31 bits per heavy atom. The molecule has 2 heterocycles. The van der Waals surface area contributed by atoms with Crippen molar-refractivity contribution < 1.29 is 9.47 Å². The van der Waals surface area contributed by atoms with Gasteiger partial charge >= 0.3 is 0 Å². The Kier molecular flexibility index (Phi) is 9.38. The van der Waals surface area contributed by atoms with Crippen LogP contribution in [0, 0.1) is 5.92 Å². The fourth-order valence-corrected chi connectivity index (χ4v) is 4.00. The van der Waals surface area contributed by atoms with E-state index in [9.17, 15) is 0 Å². The lowest BCUT2D eigenvalue weighted by Crippen LogP contribution is -2.44. The highest BCUT2D eigenvalue weighted by Gasteiger charge is 2.23. The summed E-state index contributed by atoms with van der Waals surface area (Å²) in [6, 6.07) is 8.46. The topological polar surface area (TPSA) is 58.1 Å². The van der Waals surface area contributed by atoms with Crippen LogP contribution < -0.4 is 15.5 Å².